The van der Waals surface area contributed by atoms with Gasteiger partial charge in [0.2, 0.25) is 16.8 Å². The molecule has 4 rings (SSSR count). The minimum absolute atomic E-state index is 0.0639. The van der Waals surface area contributed by atoms with Crippen molar-refractivity contribution in [1.29, 1.82) is 0 Å². The lowest BCUT2D eigenvalue weighted by Gasteiger charge is -2.21. The Morgan fingerprint density at radius 2 is 1.94 bits per heavy atom. The molecule has 1 aliphatic rings. The molecule has 7 nitrogen and oxygen atoms in total. The van der Waals surface area contributed by atoms with Crippen molar-refractivity contribution >= 4 is 27.3 Å². The summed E-state index contributed by atoms with van der Waals surface area (Å²) in [5.41, 5.74) is 1.22. The van der Waals surface area contributed by atoms with Crippen LogP contribution >= 0.6 is 11.3 Å². The molecule has 2 aromatic carbocycles. The first-order valence-electron chi connectivity index (χ1n) is 9.76. The van der Waals surface area contributed by atoms with E-state index < -0.39 is 10.0 Å². The smallest absolute Gasteiger partial charge is 0.254 e. The van der Waals surface area contributed by atoms with Gasteiger partial charge in [-0.1, -0.05) is 18.2 Å². The normalized spacial score (nSPS) is 12.7. The number of hydrogen-bond donors (Lipinski definition) is 1. The number of ether oxygens (including phenoxy) is 2. The first kappa shape index (κ1) is 21.4. The monoisotopic (exact) mass is 458 g/mol. The van der Waals surface area contributed by atoms with E-state index in [0.29, 0.717) is 30.2 Å². The van der Waals surface area contributed by atoms with Gasteiger partial charge >= 0.3 is 0 Å². The van der Waals surface area contributed by atoms with Gasteiger partial charge in [-0.05, 0) is 54.3 Å². The number of fused-ring (bicyclic) bond motifs is 1. The van der Waals surface area contributed by atoms with Gasteiger partial charge in [0.05, 0.1) is 4.90 Å². The van der Waals surface area contributed by atoms with Gasteiger partial charge in [-0.3, -0.25) is 4.79 Å². The largest absolute Gasteiger partial charge is 0.454 e. The number of amides is 1. The third-order valence-electron chi connectivity index (χ3n) is 4.89. The molecular formula is C22H22N2O5S2. The summed E-state index contributed by atoms with van der Waals surface area (Å²) in [6.07, 6.45) is 0. The number of benzene rings is 2. The number of sulfonamides is 1. The molecule has 0 radical (unpaired) electrons. The first-order valence-corrected chi connectivity index (χ1v) is 12.1. The Morgan fingerprint density at radius 1 is 1.10 bits per heavy atom. The highest BCUT2D eigenvalue weighted by Crippen LogP contribution is 2.33. The van der Waals surface area contributed by atoms with Gasteiger partial charge < -0.3 is 14.4 Å². The summed E-state index contributed by atoms with van der Waals surface area (Å²) in [4.78, 5) is 15.7. The zero-order valence-electron chi connectivity index (χ0n) is 16.9. The number of carbonyl (C=O) groups excluding carboxylic acids is 1. The van der Waals surface area contributed by atoms with Crippen LogP contribution in [0.25, 0.3) is 0 Å². The Morgan fingerprint density at radius 3 is 2.71 bits per heavy atom. The van der Waals surface area contributed by atoms with Crippen LogP contribution in [0.3, 0.4) is 0 Å². The van der Waals surface area contributed by atoms with Gasteiger partial charge in [-0.15, -0.1) is 11.3 Å². The fourth-order valence-corrected chi connectivity index (χ4v) is 5.02. The second-order valence-electron chi connectivity index (χ2n) is 6.94. The lowest BCUT2D eigenvalue weighted by Crippen LogP contribution is -2.30. The summed E-state index contributed by atoms with van der Waals surface area (Å²) in [7, 11) is -3.74. The van der Waals surface area contributed by atoms with Crippen molar-refractivity contribution < 1.29 is 22.7 Å². The molecule has 31 heavy (non-hydrogen) atoms. The van der Waals surface area contributed by atoms with Crippen LogP contribution in [0.1, 0.15) is 27.7 Å². The van der Waals surface area contributed by atoms with Gasteiger partial charge in [0, 0.05) is 30.1 Å². The van der Waals surface area contributed by atoms with Crippen LogP contribution in [0, 0.1) is 0 Å². The standard InChI is InChI=1S/C22H22N2O5S2/c1-2-24(14-16-8-9-20-21(11-16)29-15-28-20)22(25)17-5-3-7-19(12-17)31(26,27)23-13-18-6-4-10-30-18/h3-12,23H,2,13-15H2,1H3. The van der Waals surface area contributed by atoms with Gasteiger partial charge in [-0.25, -0.2) is 13.1 Å². The Kier molecular flexibility index (Phi) is 6.26. The van der Waals surface area contributed by atoms with E-state index in [0.717, 1.165) is 10.4 Å². The molecule has 0 aliphatic carbocycles. The van der Waals surface area contributed by atoms with E-state index in [1.54, 1.807) is 17.0 Å². The molecule has 1 amide bonds. The predicted octanol–water partition coefficient (Wildman–Crippen LogP) is 3.62. The number of carbonyl (C=O) groups is 1. The highest BCUT2D eigenvalue weighted by Gasteiger charge is 2.20. The summed E-state index contributed by atoms with van der Waals surface area (Å²) < 4.78 is 38.7. The SMILES string of the molecule is CCN(Cc1ccc2c(c1)OCO2)C(=O)c1cccc(S(=O)(=O)NCc2cccs2)c1. The molecule has 162 valence electrons. The molecule has 0 spiro atoms. The topological polar surface area (TPSA) is 84.9 Å². The molecule has 9 heteroatoms. The second-order valence-corrected chi connectivity index (χ2v) is 9.74. The highest BCUT2D eigenvalue weighted by molar-refractivity contribution is 7.89. The maximum absolute atomic E-state index is 13.1. The molecule has 0 atom stereocenters. The highest BCUT2D eigenvalue weighted by atomic mass is 32.2. The minimum Gasteiger partial charge on any atom is -0.454 e. The molecule has 1 aromatic heterocycles. The third-order valence-corrected chi connectivity index (χ3v) is 7.16. The van der Waals surface area contributed by atoms with E-state index >= 15 is 0 Å². The maximum Gasteiger partial charge on any atom is 0.254 e. The summed E-state index contributed by atoms with van der Waals surface area (Å²) >= 11 is 1.48. The molecule has 2 heterocycles. The fourth-order valence-electron chi connectivity index (χ4n) is 3.23. The van der Waals surface area contributed by atoms with Gasteiger partial charge in [0.25, 0.3) is 5.91 Å². The predicted molar refractivity (Wildman–Crippen MR) is 118 cm³/mol. The van der Waals surface area contributed by atoms with E-state index in [4.69, 9.17) is 9.47 Å². The average molecular weight is 459 g/mol. The number of nitrogens with one attached hydrogen (secondary N) is 1. The number of hydrogen-bond acceptors (Lipinski definition) is 6. The third kappa shape index (κ3) is 4.90. The fraction of sp³-hybridized carbons (Fsp3) is 0.227. The zero-order chi connectivity index (χ0) is 21.8. The summed E-state index contributed by atoms with van der Waals surface area (Å²) in [5, 5.41) is 1.89. The van der Waals surface area contributed by atoms with E-state index in [-0.39, 0.29) is 24.1 Å². The lowest BCUT2D eigenvalue weighted by molar-refractivity contribution is 0.0752. The van der Waals surface area contributed by atoms with Crippen LogP contribution in [-0.4, -0.2) is 32.6 Å². The Bertz CT molecular complexity index is 1180. The quantitative estimate of drug-likeness (QED) is 0.557. The lowest BCUT2D eigenvalue weighted by atomic mass is 10.1. The minimum atomic E-state index is -3.74. The van der Waals surface area contributed by atoms with Crippen LogP contribution in [0.5, 0.6) is 11.5 Å². The zero-order valence-corrected chi connectivity index (χ0v) is 18.5. The first-order chi connectivity index (χ1) is 15.0. The van der Waals surface area contributed by atoms with Crippen molar-refractivity contribution in [3.63, 3.8) is 0 Å². The van der Waals surface area contributed by atoms with Crippen LogP contribution in [0.2, 0.25) is 0 Å². The molecule has 0 fully saturated rings. The van der Waals surface area contributed by atoms with Crippen molar-refractivity contribution in [2.24, 2.45) is 0 Å². The Hall–Kier alpha value is -2.88. The molecule has 1 aliphatic heterocycles. The summed E-state index contributed by atoms with van der Waals surface area (Å²) in [5.74, 6) is 1.10. The van der Waals surface area contributed by atoms with Gasteiger partial charge in [0.1, 0.15) is 0 Å². The van der Waals surface area contributed by atoms with Crippen molar-refractivity contribution in [2.45, 2.75) is 24.9 Å². The van der Waals surface area contributed by atoms with E-state index in [1.807, 2.05) is 42.6 Å². The molecule has 0 unspecified atom stereocenters. The van der Waals surface area contributed by atoms with Gasteiger partial charge in [-0.2, -0.15) is 0 Å². The Labute approximate surface area is 185 Å². The number of rotatable bonds is 8. The molecule has 1 N–H and O–H groups in total. The van der Waals surface area contributed by atoms with Crippen molar-refractivity contribution in [1.82, 2.24) is 9.62 Å². The van der Waals surface area contributed by atoms with Crippen LogP contribution < -0.4 is 14.2 Å². The second kappa shape index (κ2) is 9.09. The summed E-state index contributed by atoms with van der Waals surface area (Å²) in [6, 6.07) is 15.4. The summed E-state index contributed by atoms with van der Waals surface area (Å²) in [6.45, 7) is 3.13. The van der Waals surface area contributed by atoms with Crippen molar-refractivity contribution in [3.8, 4) is 11.5 Å². The number of thiophene rings is 1. The van der Waals surface area contributed by atoms with Crippen LogP contribution in [0.4, 0.5) is 0 Å². The van der Waals surface area contributed by atoms with E-state index in [1.165, 1.54) is 23.5 Å². The molecular weight excluding hydrogens is 436 g/mol. The van der Waals surface area contributed by atoms with E-state index in [2.05, 4.69) is 4.72 Å². The van der Waals surface area contributed by atoms with Crippen LogP contribution in [-0.2, 0) is 23.1 Å². The molecule has 0 saturated carbocycles. The van der Waals surface area contributed by atoms with Crippen LogP contribution in [0.15, 0.2) is 64.9 Å². The molecule has 3 aromatic rings. The average Bonchev–Trinajstić information content (AvgIpc) is 3.47. The molecule has 0 bridgehead atoms. The van der Waals surface area contributed by atoms with Crippen molar-refractivity contribution in [2.75, 3.05) is 13.3 Å². The Balaban J connectivity index is 1.49. The van der Waals surface area contributed by atoms with Gasteiger partial charge in [0.15, 0.2) is 11.5 Å². The molecule has 0 saturated heterocycles. The number of nitrogens with zero attached hydrogens (tertiary/aromatic N) is 1. The van der Waals surface area contributed by atoms with Crippen molar-refractivity contribution in [3.05, 3.63) is 76.0 Å². The maximum atomic E-state index is 13.1. The van der Waals surface area contributed by atoms with E-state index in [9.17, 15) is 13.2 Å².